The van der Waals surface area contributed by atoms with Crippen LogP contribution in [0.4, 0.5) is 5.69 Å². The molecule has 0 heterocycles. The topological polar surface area (TPSA) is 78.5 Å². The lowest BCUT2D eigenvalue weighted by molar-refractivity contribution is -0.136. The van der Waals surface area contributed by atoms with Crippen molar-refractivity contribution in [3.05, 3.63) is 30.3 Å². The average molecular weight is 376 g/mol. The van der Waals surface area contributed by atoms with Crippen molar-refractivity contribution in [1.29, 1.82) is 0 Å². The quantitative estimate of drug-likeness (QED) is 0.519. The van der Waals surface area contributed by atoms with Crippen LogP contribution < -0.4 is 10.6 Å². The van der Waals surface area contributed by atoms with Crippen LogP contribution in [0.25, 0.3) is 0 Å². The van der Waals surface area contributed by atoms with Gasteiger partial charge in [-0.3, -0.25) is 14.4 Å². The van der Waals surface area contributed by atoms with Gasteiger partial charge in [-0.1, -0.05) is 57.7 Å². The molecular formula is C21H33N3O3. The summed E-state index contributed by atoms with van der Waals surface area (Å²) in [5, 5.41) is 5.29. The molecule has 0 aliphatic carbocycles. The first-order valence-corrected chi connectivity index (χ1v) is 9.96. The summed E-state index contributed by atoms with van der Waals surface area (Å²) in [6.07, 6.45) is 6.70. The van der Waals surface area contributed by atoms with Crippen molar-refractivity contribution in [1.82, 2.24) is 10.2 Å². The fourth-order valence-electron chi connectivity index (χ4n) is 2.73. The highest BCUT2D eigenvalue weighted by Gasteiger charge is 2.16. The molecule has 150 valence electrons. The van der Waals surface area contributed by atoms with Gasteiger partial charge in [0, 0.05) is 18.7 Å². The van der Waals surface area contributed by atoms with E-state index in [0.29, 0.717) is 18.7 Å². The van der Waals surface area contributed by atoms with E-state index < -0.39 is 0 Å². The van der Waals surface area contributed by atoms with Gasteiger partial charge < -0.3 is 15.5 Å². The zero-order chi connectivity index (χ0) is 19.9. The molecule has 2 N–H and O–H groups in total. The van der Waals surface area contributed by atoms with Crippen LogP contribution in [0.1, 0.15) is 58.8 Å². The normalized spacial score (nSPS) is 10.3. The number of nitrogens with zero attached hydrogens (tertiary/aromatic N) is 1. The van der Waals surface area contributed by atoms with Gasteiger partial charge in [-0.15, -0.1) is 0 Å². The molecule has 6 heteroatoms. The molecular weight excluding hydrogens is 342 g/mol. The van der Waals surface area contributed by atoms with E-state index in [0.717, 1.165) is 25.7 Å². The predicted molar refractivity (Wildman–Crippen MR) is 108 cm³/mol. The molecule has 0 bridgehead atoms. The van der Waals surface area contributed by atoms with Crippen LogP contribution in [0.2, 0.25) is 0 Å². The van der Waals surface area contributed by atoms with E-state index >= 15 is 0 Å². The summed E-state index contributed by atoms with van der Waals surface area (Å²) in [6, 6.07) is 9.07. The van der Waals surface area contributed by atoms with Crippen molar-refractivity contribution < 1.29 is 14.4 Å². The number of carbonyl (C=O) groups excluding carboxylic acids is 3. The van der Waals surface area contributed by atoms with E-state index in [-0.39, 0.29) is 30.8 Å². The summed E-state index contributed by atoms with van der Waals surface area (Å²) in [7, 11) is 0. The molecule has 0 aliphatic rings. The fourth-order valence-corrected chi connectivity index (χ4v) is 2.73. The average Bonchev–Trinajstić information content (AvgIpc) is 2.66. The Morgan fingerprint density at radius 1 is 0.889 bits per heavy atom. The molecule has 0 radical (unpaired) electrons. The second-order valence-electron chi connectivity index (χ2n) is 6.67. The van der Waals surface area contributed by atoms with Gasteiger partial charge in [0.25, 0.3) is 0 Å². The summed E-state index contributed by atoms with van der Waals surface area (Å²) in [5.41, 5.74) is 0.683. The maximum absolute atomic E-state index is 12.3. The number of hydrogen-bond acceptors (Lipinski definition) is 3. The molecule has 0 aliphatic heterocycles. The van der Waals surface area contributed by atoms with Crippen LogP contribution in [0, 0.1) is 0 Å². The molecule has 3 amide bonds. The predicted octanol–water partition coefficient (Wildman–Crippen LogP) is 3.34. The van der Waals surface area contributed by atoms with Gasteiger partial charge in [-0.25, -0.2) is 0 Å². The zero-order valence-corrected chi connectivity index (χ0v) is 16.6. The third kappa shape index (κ3) is 10.4. The highest BCUT2D eigenvalue weighted by atomic mass is 16.2. The molecule has 0 atom stereocenters. The van der Waals surface area contributed by atoms with E-state index in [1.165, 1.54) is 12.8 Å². The maximum Gasteiger partial charge on any atom is 0.243 e. The molecule has 0 unspecified atom stereocenters. The minimum absolute atomic E-state index is 0.000248. The molecule has 0 spiro atoms. The Morgan fingerprint density at radius 2 is 1.59 bits per heavy atom. The van der Waals surface area contributed by atoms with Crippen LogP contribution in [-0.2, 0) is 14.4 Å². The van der Waals surface area contributed by atoms with Gasteiger partial charge in [0.15, 0.2) is 0 Å². The van der Waals surface area contributed by atoms with Crippen molar-refractivity contribution in [2.24, 2.45) is 0 Å². The Hall–Kier alpha value is -2.37. The van der Waals surface area contributed by atoms with Gasteiger partial charge in [0.2, 0.25) is 17.7 Å². The van der Waals surface area contributed by atoms with Crippen molar-refractivity contribution in [3.63, 3.8) is 0 Å². The molecule has 1 aromatic rings. The third-order valence-corrected chi connectivity index (χ3v) is 4.18. The highest BCUT2D eigenvalue weighted by Crippen LogP contribution is 2.07. The Balaban J connectivity index is 2.34. The smallest absolute Gasteiger partial charge is 0.243 e. The first-order valence-electron chi connectivity index (χ1n) is 9.96. The van der Waals surface area contributed by atoms with E-state index in [9.17, 15) is 14.4 Å². The molecule has 27 heavy (non-hydrogen) atoms. The first-order chi connectivity index (χ1) is 13.1. The maximum atomic E-state index is 12.3. The number of carbonyl (C=O) groups is 3. The van der Waals surface area contributed by atoms with Gasteiger partial charge in [0.1, 0.15) is 0 Å². The van der Waals surface area contributed by atoms with Crippen LogP contribution in [-0.4, -0.2) is 42.3 Å². The molecule has 1 rings (SSSR count). The molecule has 6 nitrogen and oxygen atoms in total. The van der Waals surface area contributed by atoms with Gasteiger partial charge in [0.05, 0.1) is 13.1 Å². The number of amides is 3. The number of para-hydroxylation sites is 1. The Bertz CT molecular complexity index is 575. The van der Waals surface area contributed by atoms with Crippen LogP contribution in [0.15, 0.2) is 30.3 Å². The highest BCUT2D eigenvalue weighted by molar-refractivity contribution is 5.95. The molecule has 0 aromatic heterocycles. The lowest BCUT2D eigenvalue weighted by Gasteiger charge is -2.21. The second-order valence-corrected chi connectivity index (χ2v) is 6.67. The van der Waals surface area contributed by atoms with Gasteiger partial charge in [-0.05, 0) is 25.0 Å². The summed E-state index contributed by atoms with van der Waals surface area (Å²) in [5.74, 6) is -0.595. The van der Waals surface area contributed by atoms with Crippen LogP contribution >= 0.6 is 0 Å². The summed E-state index contributed by atoms with van der Waals surface area (Å²) in [4.78, 5) is 37.9. The molecule has 0 fully saturated rings. The largest absolute Gasteiger partial charge is 0.345 e. The van der Waals surface area contributed by atoms with E-state index in [1.54, 1.807) is 17.0 Å². The lowest BCUT2D eigenvalue weighted by atomic mass is 10.1. The van der Waals surface area contributed by atoms with Crippen molar-refractivity contribution in [2.75, 3.05) is 25.0 Å². The minimum atomic E-state index is -0.314. The summed E-state index contributed by atoms with van der Waals surface area (Å²) < 4.78 is 0. The molecule has 1 aromatic carbocycles. The number of rotatable bonds is 13. The van der Waals surface area contributed by atoms with E-state index in [2.05, 4.69) is 17.6 Å². The number of unbranched alkanes of at least 4 members (excludes halogenated alkanes) is 4. The molecule has 0 saturated carbocycles. The van der Waals surface area contributed by atoms with Crippen molar-refractivity contribution in [3.8, 4) is 0 Å². The Kier molecular flexibility index (Phi) is 11.6. The zero-order valence-electron chi connectivity index (χ0n) is 16.6. The first kappa shape index (κ1) is 22.7. The lowest BCUT2D eigenvalue weighted by Crippen LogP contribution is -2.43. The second kappa shape index (κ2) is 13.8. The minimum Gasteiger partial charge on any atom is -0.345 e. The summed E-state index contributed by atoms with van der Waals surface area (Å²) in [6.45, 7) is 4.58. The van der Waals surface area contributed by atoms with Gasteiger partial charge >= 0.3 is 0 Å². The monoisotopic (exact) mass is 375 g/mol. The van der Waals surface area contributed by atoms with E-state index in [1.807, 2.05) is 25.1 Å². The van der Waals surface area contributed by atoms with Crippen LogP contribution in [0.3, 0.4) is 0 Å². The van der Waals surface area contributed by atoms with Crippen molar-refractivity contribution >= 4 is 23.4 Å². The number of anilines is 1. The summed E-state index contributed by atoms with van der Waals surface area (Å²) >= 11 is 0. The molecule has 0 saturated heterocycles. The Labute approximate surface area is 162 Å². The SMILES string of the molecule is CCCCCCCC(=O)N(CCC)CC(=O)NCC(=O)Nc1ccccc1. The van der Waals surface area contributed by atoms with E-state index in [4.69, 9.17) is 0 Å². The van der Waals surface area contributed by atoms with Gasteiger partial charge in [-0.2, -0.15) is 0 Å². The third-order valence-electron chi connectivity index (χ3n) is 4.18. The number of nitrogens with one attached hydrogen (secondary N) is 2. The fraction of sp³-hybridized carbons (Fsp3) is 0.571. The van der Waals surface area contributed by atoms with Crippen molar-refractivity contribution in [2.45, 2.75) is 58.8 Å². The van der Waals surface area contributed by atoms with Crippen LogP contribution in [0.5, 0.6) is 0 Å². The number of hydrogen-bond donors (Lipinski definition) is 2. The Morgan fingerprint density at radius 3 is 2.26 bits per heavy atom. The number of benzene rings is 1. The standard InChI is InChI=1S/C21H33N3O3/c1-3-5-6-7-11-14-21(27)24(15-4-2)17-20(26)22-16-19(25)23-18-12-9-8-10-13-18/h8-10,12-13H,3-7,11,14-17H2,1-2H3,(H,22,26)(H,23,25).